The van der Waals surface area contributed by atoms with E-state index in [9.17, 15) is 0 Å². The molecule has 1 aromatic rings. The molecule has 0 bridgehead atoms. The fraction of sp³-hybridized carbons (Fsp3) is 0.500. The van der Waals surface area contributed by atoms with Crippen LogP contribution in [0.5, 0.6) is 0 Å². The largest absolute Gasteiger partial charge is 0.304 e. The Kier molecular flexibility index (Phi) is 4.52. The van der Waals surface area contributed by atoms with E-state index in [1.54, 1.807) is 0 Å². The summed E-state index contributed by atoms with van der Waals surface area (Å²) in [6.07, 6.45) is 1.00. The van der Waals surface area contributed by atoms with Gasteiger partial charge in [0.2, 0.25) is 0 Å². The van der Waals surface area contributed by atoms with Crippen molar-refractivity contribution in [1.29, 1.82) is 5.26 Å². The smallest absolute Gasteiger partial charge is 0.0841 e. The van der Waals surface area contributed by atoms with Crippen molar-refractivity contribution in [1.82, 2.24) is 5.32 Å². The first kappa shape index (κ1) is 12.7. The van der Waals surface area contributed by atoms with Crippen molar-refractivity contribution >= 4 is 0 Å². The molecule has 0 aliphatic heterocycles. The van der Waals surface area contributed by atoms with Gasteiger partial charge in [0.05, 0.1) is 12.6 Å². The first-order valence-electron chi connectivity index (χ1n) is 5.72. The van der Waals surface area contributed by atoms with E-state index in [2.05, 4.69) is 45.1 Å². The molecule has 0 heterocycles. The predicted octanol–water partition coefficient (Wildman–Crippen LogP) is 2.58. The van der Waals surface area contributed by atoms with Crippen molar-refractivity contribution < 1.29 is 0 Å². The van der Waals surface area contributed by atoms with E-state index in [1.165, 1.54) is 27.8 Å². The molecule has 0 saturated heterocycles. The maximum atomic E-state index is 8.45. The van der Waals surface area contributed by atoms with Crippen molar-refractivity contribution in [3.8, 4) is 6.07 Å². The molecular formula is C14H20N2. The highest BCUT2D eigenvalue weighted by Gasteiger charge is 2.07. The molecule has 0 aliphatic rings. The number of hydrogen-bond acceptors (Lipinski definition) is 2. The van der Waals surface area contributed by atoms with Gasteiger partial charge in [-0.15, -0.1) is 0 Å². The zero-order valence-electron chi connectivity index (χ0n) is 10.6. The van der Waals surface area contributed by atoms with Gasteiger partial charge in [-0.2, -0.15) is 5.26 Å². The molecule has 0 radical (unpaired) electrons. The molecule has 0 fully saturated rings. The van der Waals surface area contributed by atoms with Gasteiger partial charge < -0.3 is 5.32 Å². The number of rotatable bonds is 4. The highest BCUT2D eigenvalue weighted by atomic mass is 14.8. The lowest BCUT2D eigenvalue weighted by atomic mass is 9.92. The van der Waals surface area contributed by atoms with Gasteiger partial charge in [-0.1, -0.05) is 6.07 Å². The second-order valence-electron chi connectivity index (χ2n) is 4.32. The fourth-order valence-corrected chi connectivity index (χ4v) is 2.03. The normalized spacial score (nSPS) is 10.2. The zero-order valence-corrected chi connectivity index (χ0v) is 10.6. The second-order valence-corrected chi connectivity index (χ2v) is 4.32. The Morgan fingerprint density at radius 1 is 1.12 bits per heavy atom. The zero-order chi connectivity index (χ0) is 12.1. The maximum Gasteiger partial charge on any atom is 0.0841 e. The van der Waals surface area contributed by atoms with Gasteiger partial charge >= 0.3 is 0 Å². The quantitative estimate of drug-likeness (QED) is 0.620. The van der Waals surface area contributed by atoms with E-state index in [4.69, 9.17) is 5.26 Å². The molecule has 0 atom stereocenters. The monoisotopic (exact) mass is 216 g/mol. The minimum Gasteiger partial charge on any atom is -0.304 e. The lowest BCUT2D eigenvalue weighted by Crippen LogP contribution is -2.18. The van der Waals surface area contributed by atoms with E-state index in [1.807, 2.05) is 0 Å². The van der Waals surface area contributed by atoms with Crippen molar-refractivity contribution in [2.45, 2.75) is 34.1 Å². The van der Waals surface area contributed by atoms with Crippen LogP contribution in [-0.4, -0.2) is 13.1 Å². The van der Waals surface area contributed by atoms with Crippen LogP contribution in [0.25, 0.3) is 0 Å². The molecule has 0 aromatic heterocycles. The highest BCUT2D eigenvalue weighted by molar-refractivity contribution is 5.44. The summed E-state index contributed by atoms with van der Waals surface area (Å²) >= 11 is 0. The maximum absolute atomic E-state index is 8.45. The standard InChI is InChI=1S/C14H20N2/c1-10-9-11(2)13(4)14(12(10)3)5-7-16-8-6-15/h9,16H,5,7-8H2,1-4H3. The average Bonchev–Trinajstić information content (AvgIpc) is 2.25. The Morgan fingerprint density at radius 2 is 1.69 bits per heavy atom. The van der Waals surface area contributed by atoms with Crippen LogP contribution in [0, 0.1) is 39.0 Å². The molecule has 0 amide bonds. The topological polar surface area (TPSA) is 35.8 Å². The average molecular weight is 216 g/mol. The number of nitrogens with zero attached hydrogens (tertiary/aromatic N) is 1. The number of nitriles is 1. The summed E-state index contributed by atoms with van der Waals surface area (Å²) in [5.74, 6) is 0. The molecule has 0 unspecified atom stereocenters. The minimum absolute atomic E-state index is 0.433. The Labute approximate surface area is 98.3 Å². The number of aryl methyl sites for hydroxylation is 2. The molecule has 0 spiro atoms. The molecule has 1 aromatic carbocycles. The van der Waals surface area contributed by atoms with Crippen LogP contribution in [0.1, 0.15) is 27.8 Å². The van der Waals surface area contributed by atoms with Crippen LogP contribution in [0.4, 0.5) is 0 Å². The molecule has 1 N–H and O–H groups in total. The third-order valence-corrected chi connectivity index (χ3v) is 3.28. The third-order valence-electron chi connectivity index (χ3n) is 3.28. The number of benzene rings is 1. The minimum atomic E-state index is 0.433. The Hall–Kier alpha value is -1.33. The molecule has 0 aliphatic carbocycles. The van der Waals surface area contributed by atoms with Crippen LogP contribution in [0.3, 0.4) is 0 Å². The molecule has 2 heteroatoms. The second kappa shape index (κ2) is 5.67. The summed E-state index contributed by atoms with van der Waals surface area (Å²) in [4.78, 5) is 0. The van der Waals surface area contributed by atoms with Crippen LogP contribution in [0.2, 0.25) is 0 Å². The van der Waals surface area contributed by atoms with Crippen molar-refractivity contribution in [3.05, 3.63) is 33.9 Å². The van der Waals surface area contributed by atoms with Crippen LogP contribution in [-0.2, 0) is 6.42 Å². The highest BCUT2D eigenvalue weighted by Crippen LogP contribution is 2.21. The van der Waals surface area contributed by atoms with Gasteiger partial charge in [-0.05, 0) is 61.9 Å². The van der Waals surface area contributed by atoms with E-state index < -0.39 is 0 Å². The predicted molar refractivity (Wildman–Crippen MR) is 67.6 cm³/mol. The van der Waals surface area contributed by atoms with Gasteiger partial charge in [-0.25, -0.2) is 0 Å². The summed E-state index contributed by atoms with van der Waals surface area (Å²) in [6, 6.07) is 4.34. The van der Waals surface area contributed by atoms with Crippen LogP contribution >= 0.6 is 0 Å². The van der Waals surface area contributed by atoms with Crippen molar-refractivity contribution in [2.75, 3.05) is 13.1 Å². The van der Waals surface area contributed by atoms with Crippen LogP contribution < -0.4 is 5.32 Å². The lowest BCUT2D eigenvalue weighted by Gasteiger charge is -2.15. The Balaban J connectivity index is 2.83. The summed E-state index contributed by atoms with van der Waals surface area (Å²) in [6.45, 7) is 9.99. The summed E-state index contributed by atoms with van der Waals surface area (Å²) in [5, 5.41) is 11.6. The van der Waals surface area contributed by atoms with E-state index in [-0.39, 0.29) is 0 Å². The first-order valence-corrected chi connectivity index (χ1v) is 5.72. The Bertz CT molecular complexity index is 387. The van der Waals surface area contributed by atoms with E-state index in [0.29, 0.717) is 6.54 Å². The molecule has 2 nitrogen and oxygen atoms in total. The lowest BCUT2D eigenvalue weighted by molar-refractivity contribution is 0.743. The van der Waals surface area contributed by atoms with E-state index >= 15 is 0 Å². The molecule has 1 rings (SSSR count). The molecule has 0 saturated carbocycles. The van der Waals surface area contributed by atoms with Gasteiger partial charge in [-0.3, -0.25) is 0 Å². The summed E-state index contributed by atoms with van der Waals surface area (Å²) < 4.78 is 0. The summed E-state index contributed by atoms with van der Waals surface area (Å²) in [5.41, 5.74) is 6.93. The van der Waals surface area contributed by atoms with Gasteiger partial charge in [0, 0.05) is 6.54 Å². The fourth-order valence-electron chi connectivity index (χ4n) is 2.03. The SMILES string of the molecule is Cc1cc(C)c(C)c(CCNCC#N)c1C. The van der Waals surface area contributed by atoms with Crippen molar-refractivity contribution in [3.63, 3.8) is 0 Å². The van der Waals surface area contributed by atoms with Gasteiger partial charge in [0.25, 0.3) is 0 Å². The van der Waals surface area contributed by atoms with Gasteiger partial charge in [0.1, 0.15) is 0 Å². The summed E-state index contributed by atoms with van der Waals surface area (Å²) in [7, 11) is 0. The van der Waals surface area contributed by atoms with Crippen molar-refractivity contribution in [2.24, 2.45) is 0 Å². The number of hydrogen-bond donors (Lipinski definition) is 1. The van der Waals surface area contributed by atoms with Crippen LogP contribution in [0.15, 0.2) is 6.07 Å². The third kappa shape index (κ3) is 2.84. The molecular weight excluding hydrogens is 196 g/mol. The Morgan fingerprint density at radius 3 is 2.19 bits per heavy atom. The first-order chi connectivity index (χ1) is 7.57. The van der Waals surface area contributed by atoms with Gasteiger partial charge in [0.15, 0.2) is 0 Å². The molecule has 16 heavy (non-hydrogen) atoms. The molecule has 86 valence electrons. The number of nitrogens with one attached hydrogen (secondary N) is 1. The van der Waals surface area contributed by atoms with E-state index in [0.717, 1.165) is 13.0 Å².